The fourth-order valence-electron chi connectivity index (χ4n) is 1.63. The first-order chi connectivity index (χ1) is 10.2. The number of nitrogens with zero attached hydrogens (tertiary/aromatic N) is 2. The van der Waals surface area contributed by atoms with Crippen molar-refractivity contribution in [2.75, 3.05) is 6.61 Å². The third kappa shape index (κ3) is 4.38. The molecule has 2 rings (SSSR count). The monoisotopic (exact) mass is 301 g/mol. The van der Waals surface area contributed by atoms with Crippen LogP contribution in [0.25, 0.3) is 0 Å². The Morgan fingerprint density at radius 2 is 2.14 bits per heavy atom. The number of benzene rings is 1. The van der Waals surface area contributed by atoms with Crippen molar-refractivity contribution in [2.24, 2.45) is 0 Å². The summed E-state index contributed by atoms with van der Waals surface area (Å²) in [6.45, 7) is 2.28. The van der Waals surface area contributed by atoms with Gasteiger partial charge in [-0.25, -0.2) is 0 Å². The Hall–Kier alpha value is -2.23. The van der Waals surface area contributed by atoms with Gasteiger partial charge in [-0.15, -0.1) is 5.10 Å². The summed E-state index contributed by atoms with van der Waals surface area (Å²) in [4.78, 5) is 12.5. The topological polar surface area (TPSA) is 75.1 Å². The molecule has 0 aliphatic rings. The molecule has 0 aliphatic carbocycles. The second-order valence-corrected chi connectivity index (χ2v) is 5.10. The number of carbonyl (C=O) groups excluding carboxylic acids is 1. The van der Waals surface area contributed by atoms with E-state index in [1.54, 1.807) is 6.92 Å². The molecule has 2 aromatic rings. The smallest absolute Gasteiger partial charge is 0.265 e. The van der Waals surface area contributed by atoms with E-state index in [0.717, 1.165) is 22.7 Å². The van der Waals surface area contributed by atoms with Crippen LogP contribution in [0.4, 0.5) is 0 Å². The standard InChI is InChI=1S/C15H15N3O2S/c1-11-14(21-18-17-11)15(20)16-10-13-7-5-12(6-8-13)4-2-3-9-19/h5-8,19H,3,9-10H2,1H3,(H,16,20). The highest BCUT2D eigenvalue weighted by Gasteiger charge is 2.12. The minimum Gasteiger partial charge on any atom is -0.395 e. The average Bonchev–Trinajstić information content (AvgIpc) is 2.92. The molecule has 1 amide bonds. The maximum atomic E-state index is 11.9. The first kappa shape index (κ1) is 15.2. The minimum atomic E-state index is -0.158. The number of aryl methyl sites for hydroxylation is 1. The first-order valence-electron chi connectivity index (χ1n) is 6.46. The van der Waals surface area contributed by atoms with Crippen molar-refractivity contribution >= 4 is 17.4 Å². The lowest BCUT2D eigenvalue weighted by molar-refractivity contribution is 0.0954. The molecule has 5 nitrogen and oxygen atoms in total. The largest absolute Gasteiger partial charge is 0.395 e. The van der Waals surface area contributed by atoms with Gasteiger partial charge in [-0.05, 0) is 36.2 Å². The van der Waals surface area contributed by atoms with Crippen molar-refractivity contribution < 1.29 is 9.90 Å². The van der Waals surface area contributed by atoms with E-state index in [0.29, 0.717) is 23.5 Å². The van der Waals surface area contributed by atoms with Crippen LogP contribution < -0.4 is 5.32 Å². The summed E-state index contributed by atoms with van der Waals surface area (Å²) >= 11 is 1.09. The van der Waals surface area contributed by atoms with Crippen molar-refractivity contribution in [3.63, 3.8) is 0 Å². The lowest BCUT2D eigenvalue weighted by atomic mass is 10.1. The summed E-state index contributed by atoms with van der Waals surface area (Å²) in [7, 11) is 0. The maximum Gasteiger partial charge on any atom is 0.265 e. The van der Waals surface area contributed by atoms with E-state index in [1.807, 2.05) is 24.3 Å². The van der Waals surface area contributed by atoms with Gasteiger partial charge in [0.15, 0.2) is 0 Å². The summed E-state index contributed by atoms with van der Waals surface area (Å²) in [6, 6.07) is 7.62. The minimum absolute atomic E-state index is 0.0724. The lowest BCUT2D eigenvalue weighted by Crippen LogP contribution is -2.22. The van der Waals surface area contributed by atoms with E-state index in [2.05, 4.69) is 26.7 Å². The van der Waals surface area contributed by atoms with Crippen LogP contribution in [0.2, 0.25) is 0 Å². The van der Waals surface area contributed by atoms with E-state index in [9.17, 15) is 4.79 Å². The van der Waals surface area contributed by atoms with Crippen molar-refractivity contribution in [3.8, 4) is 11.8 Å². The highest BCUT2D eigenvalue weighted by Crippen LogP contribution is 2.09. The average molecular weight is 301 g/mol. The Morgan fingerprint density at radius 3 is 2.76 bits per heavy atom. The molecule has 0 spiro atoms. The fraction of sp³-hybridized carbons (Fsp3) is 0.267. The predicted molar refractivity (Wildman–Crippen MR) is 80.8 cm³/mol. The van der Waals surface area contributed by atoms with Gasteiger partial charge in [0, 0.05) is 18.5 Å². The fourth-order valence-corrected chi connectivity index (χ4v) is 2.20. The van der Waals surface area contributed by atoms with Crippen LogP contribution in [0.3, 0.4) is 0 Å². The van der Waals surface area contributed by atoms with Crippen LogP contribution in [-0.4, -0.2) is 27.2 Å². The van der Waals surface area contributed by atoms with E-state index in [1.165, 1.54) is 0 Å². The molecule has 0 fully saturated rings. The molecule has 0 saturated carbocycles. The first-order valence-corrected chi connectivity index (χ1v) is 7.24. The number of amides is 1. The van der Waals surface area contributed by atoms with Crippen LogP contribution >= 0.6 is 11.5 Å². The molecule has 0 bridgehead atoms. The normalized spacial score (nSPS) is 9.81. The lowest BCUT2D eigenvalue weighted by Gasteiger charge is -2.04. The quantitative estimate of drug-likeness (QED) is 0.839. The molecule has 0 saturated heterocycles. The number of nitrogens with one attached hydrogen (secondary N) is 1. The summed E-state index contributed by atoms with van der Waals surface area (Å²) in [6.07, 6.45) is 0.472. The molecule has 1 heterocycles. The number of hydrogen-bond donors (Lipinski definition) is 2. The van der Waals surface area contributed by atoms with E-state index >= 15 is 0 Å². The molecule has 1 aromatic heterocycles. The molecule has 1 aromatic carbocycles. The molecule has 6 heteroatoms. The van der Waals surface area contributed by atoms with E-state index < -0.39 is 0 Å². The Balaban J connectivity index is 1.91. The van der Waals surface area contributed by atoms with Crippen LogP contribution in [0.5, 0.6) is 0 Å². The molecular formula is C15H15N3O2S. The molecule has 0 aliphatic heterocycles. The van der Waals surface area contributed by atoms with Gasteiger partial charge in [-0.2, -0.15) is 0 Å². The summed E-state index contributed by atoms with van der Waals surface area (Å²) in [5.74, 6) is 5.66. The number of aliphatic hydroxyl groups is 1. The van der Waals surface area contributed by atoms with E-state index in [-0.39, 0.29) is 12.5 Å². The number of hydrogen-bond acceptors (Lipinski definition) is 5. The highest BCUT2D eigenvalue weighted by atomic mass is 32.1. The van der Waals surface area contributed by atoms with E-state index in [4.69, 9.17) is 5.11 Å². The number of aromatic nitrogens is 2. The molecule has 108 valence electrons. The number of rotatable bonds is 4. The van der Waals surface area contributed by atoms with Gasteiger partial charge < -0.3 is 10.4 Å². The second-order valence-electron chi connectivity index (χ2n) is 4.34. The second kappa shape index (κ2) is 7.53. The van der Waals surface area contributed by atoms with Crippen molar-refractivity contribution in [2.45, 2.75) is 19.9 Å². The van der Waals surface area contributed by atoms with Crippen LogP contribution in [0.1, 0.15) is 32.9 Å². The van der Waals surface area contributed by atoms with Gasteiger partial charge >= 0.3 is 0 Å². The Morgan fingerprint density at radius 1 is 1.38 bits per heavy atom. The molecule has 0 unspecified atom stereocenters. The predicted octanol–water partition coefficient (Wildman–Crippen LogP) is 1.51. The SMILES string of the molecule is Cc1nnsc1C(=O)NCc1ccc(C#CCCO)cc1. The molecular weight excluding hydrogens is 286 g/mol. The summed E-state index contributed by atoms with van der Waals surface area (Å²) in [5, 5.41) is 15.3. The zero-order valence-electron chi connectivity index (χ0n) is 11.6. The van der Waals surface area contributed by atoms with Gasteiger partial charge in [0.25, 0.3) is 5.91 Å². The molecule has 0 atom stereocenters. The van der Waals surface area contributed by atoms with Crippen LogP contribution in [0, 0.1) is 18.8 Å². The van der Waals surface area contributed by atoms with Crippen molar-refractivity contribution in [1.82, 2.24) is 14.9 Å². The zero-order chi connectivity index (χ0) is 15.1. The summed E-state index contributed by atoms with van der Waals surface area (Å²) in [5.41, 5.74) is 2.53. The molecule has 0 radical (unpaired) electrons. The van der Waals surface area contributed by atoms with Gasteiger partial charge in [0.2, 0.25) is 0 Å². The van der Waals surface area contributed by atoms with Crippen LogP contribution in [-0.2, 0) is 6.54 Å². The van der Waals surface area contributed by atoms with Gasteiger partial charge in [-0.1, -0.05) is 28.5 Å². The Labute approximate surface area is 127 Å². The van der Waals surface area contributed by atoms with Gasteiger partial charge in [0.1, 0.15) is 4.88 Å². The molecule has 21 heavy (non-hydrogen) atoms. The number of aliphatic hydroxyl groups excluding tert-OH is 1. The van der Waals surface area contributed by atoms with Crippen molar-refractivity contribution in [3.05, 3.63) is 46.0 Å². The van der Waals surface area contributed by atoms with Gasteiger partial charge in [0.05, 0.1) is 12.3 Å². The maximum absolute atomic E-state index is 11.9. The Bertz CT molecular complexity index is 668. The third-order valence-electron chi connectivity index (χ3n) is 2.73. The van der Waals surface area contributed by atoms with Crippen molar-refractivity contribution in [1.29, 1.82) is 0 Å². The Kier molecular flexibility index (Phi) is 5.43. The summed E-state index contributed by atoms with van der Waals surface area (Å²) < 4.78 is 3.74. The third-order valence-corrected chi connectivity index (χ3v) is 3.56. The zero-order valence-corrected chi connectivity index (χ0v) is 12.4. The highest BCUT2D eigenvalue weighted by molar-refractivity contribution is 7.07. The van der Waals surface area contributed by atoms with Gasteiger partial charge in [-0.3, -0.25) is 4.79 Å². The molecule has 2 N–H and O–H groups in total. The van der Waals surface area contributed by atoms with Crippen LogP contribution in [0.15, 0.2) is 24.3 Å². The number of carbonyl (C=O) groups is 1.